The van der Waals surface area contributed by atoms with Gasteiger partial charge in [0.05, 0.1) is 6.04 Å². The van der Waals surface area contributed by atoms with E-state index >= 15 is 0 Å². The zero-order chi connectivity index (χ0) is 29.9. The Bertz CT molecular complexity index is 1240. The van der Waals surface area contributed by atoms with E-state index in [0.29, 0.717) is 25.8 Å². The van der Waals surface area contributed by atoms with E-state index in [2.05, 4.69) is 29.8 Å². The lowest BCUT2D eigenvalue weighted by molar-refractivity contribution is -0.144. The van der Waals surface area contributed by atoms with E-state index in [-0.39, 0.29) is 35.0 Å². The Kier molecular flexibility index (Phi) is 7.40. The zero-order valence-corrected chi connectivity index (χ0v) is 24.7. The number of Topliss-reactive ketones (excluding diaryl/α,β-unsaturated/α-hetero) is 1. The van der Waals surface area contributed by atoms with Gasteiger partial charge in [0.25, 0.3) is 5.91 Å². The molecule has 1 heterocycles. The molecule has 3 aliphatic carbocycles. The summed E-state index contributed by atoms with van der Waals surface area (Å²) in [5.74, 6) is -2.47. The highest BCUT2D eigenvalue weighted by atomic mass is 16.2. The summed E-state index contributed by atoms with van der Waals surface area (Å²) in [6, 6.07) is 4.96. The molecule has 1 aliphatic heterocycles. The Morgan fingerprint density at radius 3 is 2.17 bits per heavy atom. The molecule has 0 spiro atoms. The number of likely N-dealkylation sites (tertiary alicyclic amines) is 1. The summed E-state index contributed by atoms with van der Waals surface area (Å²) in [7, 11) is 0. The molecule has 41 heavy (non-hydrogen) atoms. The molecule has 5 atom stereocenters. The average molecular weight is 566 g/mol. The lowest BCUT2D eigenvalue weighted by Gasteiger charge is -2.35. The number of primary amides is 1. The lowest BCUT2D eigenvalue weighted by Crippen LogP contribution is -2.61. The first-order valence-corrected chi connectivity index (χ1v) is 14.8. The Morgan fingerprint density at radius 2 is 1.63 bits per heavy atom. The largest absolute Gasteiger partial charge is 0.363 e. The van der Waals surface area contributed by atoms with Crippen LogP contribution in [0, 0.1) is 29.1 Å². The minimum Gasteiger partial charge on any atom is -0.363 e. The number of nitrogens with zero attached hydrogens (tertiary/aromatic N) is 1. The van der Waals surface area contributed by atoms with E-state index in [9.17, 15) is 24.0 Å². The van der Waals surface area contributed by atoms with Crippen LogP contribution in [0.3, 0.4) is 0 Å². The van der Waals surface area contributed by atoms with E-state index in [1.807, 2.05) is 45.0 Å². The van der Waals surface area contributed by atoms with Crippen LogP contribution in [0.5, 0.6) is 0 Å². The molecular weight excluding hydrogens is 522 g/mol. The van der Waals surface area contributed by atoms with Crippen molar-refractivity contribution < 1.29 is 24.0 Å². The first-order valence-electron chi connectivity index (χ1n) is 14.8. The summed E-state index contributed by atoms with van der Waals surface area (Å²) < 4.78 is 0. The second kappa shape index (κ2) is 10.4. The van der Waals surface area contributed by atoms with Crippen molar-refractivity contribution in [1.29, 1.82) is 0 Å². The fourth-order valence-electron chi connectivity index (χ4n) is 7.07. The highest BCUT2D eigenvalue weighted by Crippen LogP contribution is 2.65. The molecule has 5 rings (SSSR count). The number of rotatable bonds is 9. The fourth-order valence-corrected chi connectivity index (χ4v) is 7.07. The molecule has 10 heteroatoms. The number of carbonyl (C=O) groups excluding carboxylic acids is 5. The zero-order valence-electron chi connectivity index (χ0n) is 24.7. The molecule has 4 aliphatic rings. The van der Waals surface area contributed by atoms with Gasteiger partial charge in [-0.3, -0.25) is 19.2 Å². The van der Waals surface area contributed by atoms with Gasteiger partial charge in [-0.2, -0.15) is 0 Å². The topological polar surface area (TPSA) is 151 Å². The summed E-state index contributed by atoms with van der Waals surface area (Å²) in [6.07, 6.45) is 3.53. The van der Waals surface area contributed by atoms with E-state index in [1.54, 1.807) is 4.90 Å². The molecule has 222 valence electrons. The molecule has 2 saturated carbocycles. The molecule has 1 aromatic rings. The van der Waals surface area contributed by atoms with Gasteiger partial charge in [0, 0.05) is 12.1 Å². The smallest absolute Gasteiger partial charge is 0.315 e. The first-order chi connectivity index (χ1) is 19.2. The van der Waals surface area contributed by atoms with Crippen molar-refractivity contribution in [2.24, 2.45) is 34.8 Å². The van der Waals surface area contributed by atoms with E-state index in [0.717, 1.165) is 24.0 Å². The number of ketones is 1. The van der Waals surface area contributed by atoms with Crippen LogP contribution in [-0.2, 0) is 32.0 Å². The molecule has 3 fully saturated rings. The number of hydrogen-bond donors (Lipinski definition) is 4. The van der Waals surface area contributed by atoms with Crippen molar-refractivity contribution in [1.82, 2.24) is 20.9 Å². The standard InChI is InChI=1S/C31H43N5O5/c1-30(2,3)35-29(41)34-23(19-13-17-8-6-7-9-18(17)14-19)28(40)36-15-20-22(31(20,4)5)24(36)27(39)33-21(12-16-10-11-16)25(37)26(32)38/h6-9,16,19-24H,10-15H2,1-5H3,(H2,32,38)(H,33,39)(H2,34,35,41)/t20?,21?,22?,23-,24-/m0/s1. The van der Waals surface area contributed by atoms with Crippen molar-refractivity contribution in [3.8, 4) is 0 Å². The Labute approximate surface area is 241 Å². The van der Waals surface area contributed by atoms with Gasteiger partial charge in [-0.15, -0.1) is 0 Å². The minimum atomic E-state index is -1.07. The van der Waals surface area contributed by atoms with Crippen LogP contribution in [-0.4, -0.2) is 64.6 Å². The third-order valence-corrected chi connectivity index (χ3v) is 9.50. The second-order valence-corrected chi connectivity index (χ2v) is 14.1. The molecule has 0 bridgehead atoms. The summed E-state index contributed by atoms with van der Waals surface area (Å²) in [5, 5.41) is 8.66. The Hall–Kier alpha value is -3.43. The van der Waals surface area contributed by atoms with E-state index in [4.69, 9.17) is 5.73 Å². The molecule has 0 radical (unpaired) electrons. The minimum absolute atomic E-state index is 0.0819. The highest BCUT2D eigenvalue weighted by molar-refractivity contribution is 6.37. The third kappa shape index (κ3) is 5.97. The molecule has 1 aromatic carbocycles. The van der Waals surface area contributed by atoms with Crippen LogP contribution in [0.15, 0.2) is 24.3 Å². The van der Waals surface area contributed by atoms with Crippen LogP contribution in [0.2, 0.25) is 0 Å². The number of benzene rings is 1. The number of fused-ring (bicyclic) bond motifs is 2. The van der Waals surface area contributed by atoms with Crippen molar-refractivity contribution in [3.05, 3.63) is 35.4 Å². The second-order valence-electron chi connectivity index (χ2n) is 14.1. The van der Waals surface area contributed by atoms with E-state index < -0.39 is 47.3 Å². The quantitative estimate of drug-likeness (QED) is 0.336. The van der Waals surface area contributed by atoms with Crippen LogP contribution < -0.4 is 21.7 Å². The normalized spacial score (nSPS) is 25.9. The Morgan fingerprint density at radius 1 is 1.02 bits per heavy atom. The van der Waals surface area contributed by atoms with Crippen LogP contribution in [0.25, 0.3) is 0 Å². The first kappa shape index (κ1) is 29.1. The van der Waals surface area contributed by atoms with E-state index in [1.165, 1.54) is 0 Å². The number of carbonyl (C=O) groups is 5. The molecule has 0 aromatic heterocycles. The van der Waals surface area contributed by atoms with Gasteiger partial charge >= 0.3 is 6.03 Å². The van der Waals surface area contributed by atoms with Gasteiger partial charge in [-0.25, -0.2) is 4.79 Å². The average Bonchev–Trinajstić information content (AvgIpc) is 3.63. The lowest BCUT2D eigenvalue weighted by atomic mass is 9.93. The molecule has 5 amide bonds. The molecule has 1 saturated heterocycles. The van der Waals surface area contributed by atoms with Gasteiger partial charge in [-0.05, 0) is 80.2 Å². The van der Waals surface area contributed by atoms with Crippen molar-refractivity contribution in [2.45, 2.75) is 90.4 Å². The van der Waals surface area contributed by atoms with Crippen molar-refractivity contribution in [3.63, 3.8) is 0 Å². The molecule has 5 N–H and O–H groups in total. The fraction of sp³-hybridized carbons (Fsp3) is 0.645. The molecule has 3 unspecified atom stereocenters. The highest BCUT2D eigenvalue weighted by Gasteiger charge is 2.69. The predicted octanol–water partition coefficient (Wildman–Crippen LogP) is 1.69. The summed E-state index contributed by atoms with van der Waals surface area (Å²) in [5.41, 5.74) is 6.97. The maximum Gasteiger partial charge on any atom is 0.315 e. The third-order valence-electron chi connectivity index (χ3n) is 9.50. The SMILES string of the molecule is CC(C)(C)NC(=O)N[C@H](C(=O)N1CC2C([C@H]1C(=O)NC(CC1CC1)C(=O)C(N)=O)C2(C)C)C1Cc2ccccc2C1. The summed E-state index contributed by atoms with van der Waals surface area (Å²) in [6.45, 7) is 10.2. The maximum atomic E-state index is 14.4. The number of hydrogen-bond acceptors (Lipinski definition) is 5. The van der Waals surface area contributed by atoms with Crippen LogP contribution in [0.4, 0.5) is 4.79 Å². The van der Waals surface area contributed by atoms with Crippen molar-refractivity contribution in [2.75, 3.05) is 6.54 Å². The number of nitrogens with two attached hydrogens (primary N) is 1. The Balaban J connectivity index is 1.39. The monoisotopic (exact) mass is 565 g/mol. The van der Waals surface area contributed by atoms with Gasteiger partial charge in [0.1, 0.15) is 12.1 Å². The maximum absolute atomic E-state index is 14.4. The summed E-state index contributed by atoms with van der Waals surface area (Å²) >= 11 is 0. The van der Waals surface area contributed by atoms with Gasteiger partial charge in [-0.1, -0.05) is 51.0 Å². The number of urea groups is 1. The van der Waals surface area contributed by atoms with Crippen LogP contribution in [0.1, 0.15) is 65.0 Å². The van der Waals surface area contributed by atoms with Crippen molar-refractivity contribution >= 4 is 29.5 Å². The van der Waals surface area contributed by atoms with Gasteiger partial charge < -0.3 is 26.6 Å². The molecule has 10 nitrogen and oxygen atoms in total. The van der Waals surface area contributed by atoms with Crippen LogP contribution >= 0.6 is 0 Å². The summed E-state index contributed by atoms with van der Waals surface area (Å²) in [4.78, 5) is 67.2. The number of piperidine rings is 1. The molecular formula is C31H43N5O5. The van der Waals surface area contributed by atoms with Gasteiger partial charge in [0.2, 0.25) is 17.6 Å². The van der Waals surface area contributed by atoms with Gasteiger partial charge in [0.15, 0.2) is 0 Å². The number of nitrogens with one attached hydrogen (secondary N) is 3. The predicted molar refractivity (Wildman–Crippen MR) is 152 cm³/mol. The number of amides is 5.